The van der Waals surface area contributed by atoms with E-state index in [1.807, 2.05) is 11.3 Å². The Labute approximate surface area is 136 Å². The van der Waals surface area contributed by atoms with Gasteiger partial charge in [0.05, 0.1) is 5.56 Å². The molecule has 0 spiro atoms. The van der Waals surface area contributed by atoms with Crippen LogP contribution in [-0.4, -0.2) is 18.5 Å². The molecule has 2 unspecified atom stereocenters. The van der Waals surface area contributed by atoms with E-state index < -0.39 is 0 Å². The molecule has 0 radical (unpaired) electrons. The van der Waals surface area contributed by atoms with Crippen LogP contribution < -0.4 is 11.1 Å². The van der Waals surface area contributed by atoms with E-state index in [9.17, 15) is 4.79 Å². The standard InChI is InChI=1S/C18H26N2OS/c1-10-15(18(19)21)16(12-4-2-3-5-12)17(22-10)13-8-14(13)20-9-11-6-7-11/h11-14,20H,2-9H2,1H3,(H2,19,21). The van der Waals surface area contributed by atoms with Gasteiger partial charge in [0.15, 0.2) is 0 Å². The van der Waals surface area contributed by atoms with Gasteiger partial charge in [-0.3, -0.25) is 4.79 Å². The zero-order chi connectivity index (χ0) is 15.3. The van der Waals surface area contributed by atoms with Crippen LogP contribution in [0.5, 0.6) is 0 Å². The van der Waals surface area contributed by atoms with Crippen LogP contribution in [0.2, 0.25) is 0 Å². The summed E-state index contributed by atoms with van der Waals surface area (Å²) in [5.41, 5.74) is 7.91. The normalized spacial score (nSPS) is 28.2. The minimum absolute atomic E-state index is 0.218. The molecule has 1 heterocycles. The Bertz CT molecular complexity index is 584. The average molecular weight is 318 g/mol. The number of nitrogens with two attached hydrogens (primary N) is 1. The molecule has 4 heteroatoms. The van der Waals surface area contributed by atoms with Crippen molar-refractivity contribution in [2.45, 2.75) is 69.7 Å². The maximum Gasteiger partial charge on any atom is 0.250 e. The predicted molar refractivity (Wildman–Crippen MR) is 90.7 cm³/mol. The molecule has 0 aromatic carbocycles. The van der Waals surface area contributed by atoms with Crippen LogP contribution >= 0.6 is 11.3 Å². The second-order valence-corrected chi connectivity index (χ2v) is 8.71. The molecule has 1 aromatic rings. The molecule has 3 N–H and O–H groups in total. The maximum atomic E-state index is 12.0. The smallest absolute Gasteiger partial charge is 0.250 e. The number of carbonyl (C=O) groups is 1. The Kier molecular flexibility index (Phi) is 3.77. The van der Waals surface area contributed by atoms with Gasteiger partial charge in [-0.05, 0) is 63.0 Å². The van der Waals surface area contributed by atoms with Gasteiger partial charge in [-0.25, -0.2) is 0 Å². The Balaban J connectivity index is 1.58. The van der Waals surface area contributed by atoms with Crippen molar-refractivity contribution in [1.29, 1.82) is 0 Å². The number of thiophene rings is 1. The molecule has 1 aromatic heterocycles. The average Bonchev–Trinajstić information content (AvgIpc) is 3.36. The second kappa shape index (κ2) is 5.64. The van der Waals surface area contributed by atoms with E-state index in [4.69, 9.17) is 5.73 Å². The zero-order valence-electron chi connectivity index (χ0n) is 13.4. The first-order valence-corrected chi connectivity index (χ1v) is 9.63. The van der Waals surface area contributed by atoms with Gasteiger partial charge in [0.2, 0.25) is 5.91 Å². The lowest BCUT2D eigenvalue weighted by Crippen LogP contribution is -2.20. The molecular weight excluding hydrogens is 292 g/mol. The Morgan fingerprint density at radius 2 is 2.00 bits per heavy atom. The molecule has 1 amide bonds. The number of amides is 1. The lowest BCUT2D eigenvalue weighted by molar-refractivity contribution is 0.0999. The van der Waals surface area contributed by atoms with E-state index in [0.29, 0.717) is 17.9 Å². The van der Waals surface area contributed by atoms with E-state index in [-0.39, 0.29) is 5.91 Å². The SMILES string of the molecule is Cc1sc(C2CC2NCC2CC2)c(C2CCCC2)c1C(N)=O. The second-order valence-electron chi connectivity index (χ2n) is 7.46. The van der Waals surface area contributed by atoms with Crippen LogP contribution in [0.1, 0.15) is 82.5 Å². The molecule has 3 fully saturated rings. The molecule has 3 saturated carbocycles. The number of aryl methyl sites for hydroxylation is 1. The lowest BCUT2D eigenvalue weighted by Gasteiger charge is -2.13. The van der Waals surface area contributed by atoms with Crippen molar-refractivity contribution in [3.63, 3.8) is 0 Å². The molecule has 0 aliphatic heterocycles. The number of hydrogen-bond donors (Lipinski definition) is 2. The number of primary amides is 1. The first-order chi connectivity index (χ1) is 10.6. The fraction of sp³-hybridized carbons (Fsp3) is 0.722. The predicted octanol–water partition coefficient (Wildman–Crippen LogP) is 3.67. The Morgan fingerprint density at radius 1 is 1.27 bits per heavy atom. The third-order valence-electron chi connectivity index (χ3n) is 5.65. The summed E-state index contributed by atoms with van der Waals surface area (Å²) in [4.78, 5) is 14.6. The highest BCUT2D eigenvalue weighted by molar-refractivity contribution is 7.12. The fourth-order valence-electron chi connectivity index (χ4n) is 4.14. The highest BCUT2D eigenvalue weighted by Gasteiger charge is 2.43. The summed E-state index contributed by atoms with van der Waals surface area (Å²) in [6, 6.07) is 0.638. The third-order valence-corrected chi connectivity index (χ3v) is 6.91. The molecule has 2 atom stereocenters. The number of nitrogens with one attached hydrogen (secondary N) is 1. The van der Waals surface area contributed by atoms with Crippen LogP contribution in [0.25, 0.3) is 0 Å². The van der Waals surface area contributed by atoms with Crippen LogP contribution in [0.15, 0.2) is 0 Å². The summed E-state index contributed by atoms with van der Waals surface area (Å²) in [5, 5.41) is 3.73. The molecule has 4 rings (SSSR count). The number of hydrogen-bond acceptors (Lipinski definition) is 3. The van der Waals surface area contributed by atoms with Crippen molar-refractivity contribution in [2.75, 3.05) is 6.54 Å². The van der Waals surface area contributed by atoms with Gasteiger partial charge in [-0.1, -0.05) is 12.8 Å². The first kappa shape index (κ1) is 14.7. The van der Waals surface area contributed by atoms with E-state index in [1.54, 1.807) is 0 Å². The van der Waals surface area contributed by atoms with Crippen molar-refractivity contribution in [1.82, 2.24) is 5.32 Å². The molecule has 22 heavy (non-hydrogen) atoms. The minimum Gasteiger partial charge on any atom is -0.366 e. The van der Waals surface area contributed by atoms with Crippen LogP contribution in [0.3, 0.4) is 0 Å². The number of rotatable bonds is 6. The number of carbonyl (C=O) groups excluding carboxylic acids is 1. The zero-order valence-corrected chi connectivity index (χ0v) is 14.2. The molecule has 120 valence electrons. The Morgan fingerprint density at radius 3 is 2.64 bits per heavy atom. The third kappa shape index (κ3) is 2.71. The molecule has 3 aliphatic rings. The van der Waals surface area contributed by atoms with Crippen molar-refractivity contribution < 1.29 is 4.79 Å². The summed E-state index contributed by atoms with van der Waals surface area (Å²) in [5.74, 6) is 1.92. The van der Waals surface area contributed by atoms with E-state index in [1.165, 1.54) is 61.9 Å². The topological polar surface area (TPSA) is 55.1 Å². The van der Waals surface area contributed by atoms with Crippen molar-refractivity contribution >= 4 is 17.2 Å². The summed E-state index contributed by atoms with van der Waals surface area (Å²) in [6.45, 7) is 3.26. The van der Waals surface area contributed by atoms with Gasteiger partial charge >= 0.3 is 0 Å². The monoisotopic (exact) mass is 318 g/mol. The molecule has 3 aliphatic carbocycles. The summed E-state index contributed by atoms with van der Waals surface area (Å²) in [6.07, 6.45) is 9.11. The van der Waals surface area contributed by atoms with Gasteiger partial charge < -0.3 is 11.1 Å². The van der Waals surface area contributed by atoms with Crippen molar-refractivity contribution in [3.8, 4) is 0 Å². The van der Waals surface area contributed by atoms with Gasteiger partial charge in [0.1, 0.15) is 0 Å². The highest BCUT2D eigenvalue weighted by Crippen LogP contribution is 2.51. The molecule has 0 bridgehead atoms. The largest absolute Gasteiger partial charge is 0.366 e. The summed E-state index contributed by atoms with van der Waals surface area (Å²) in [7, 11) is 0. The van der Waals surface area contributed by atoms with E-state index in [2.05, 4.69) is 12.2 Å². The van der Waals surface area contributed by atoms with Crippen molar-refractivity contribution in [3.05, 3.63) is 20.9 Å². The van der Waals surface area contributed by atoms with Crippen LogP contribution in [0.4, 0.5) is 0 Å². The van der Waals surface area contributed by atoms with Gasteiger partial charge in [0.25, 0.3) is 0 Å². The van der Waals surface area contributed by atoms with Gasteiger partial charge in [-0.2, -0.15) is 0 Å². The summed E-state index contributed by atoms with van der Waals surface area (Å²) < 4.78 is 0. The Hall–Kier alpha value is -0.870. The maximum absolute atomic E-state index is 12.0. The molecule has 0 saturated heterocycles. The van der Waals surface area contributed by atoms with E-state index in [0.717, 1.165) is 16.4 Å². The quantitative estimate of drug-likeness (QED) is 0.841. The first-order valence-electron chi connectivity index (χ1n) is 8.81. The van der Waals surface area contributed by atoms with Crippen molar-refractivity contribution in [2.24, 2.45) is 11.7 Å². The van der Waals surface area contributed by atoms with Gasteiger partial charge in [0, 0.05) is 21.7 Å². The van der Waals surface area contributed by atoms with E-state index >= 15 is 0 Å². The van der Waals surface area contributed by atoms with Crippen LogP contribution in [0, 0.1) is 12.8 Å². The van der Waals surface area contributed by atoms with Crippen LogP contribution in [-0.2, 0) is 0 Å². The summed E-state index contributed by atoms with van der Waals surface area (Å²) >= 11 is 1.84. The fourth-order valence-corrected chi connectivity index (χ4v) is 5.57. The minimum atomic E-state index is -0.218. The highest BCUT2D eigenvalue weighted by atomic mass is 32.1. The lowest BCUT2D eigenvalue weighted by atomic mass is 9.91. The molecule has 3 nitrogen and oxygen atoms in total. The van der Waals surface area contributed by atoms with Gasteiger partial charge in [-0.15, -0.1) is 11.3 Å². The molecular formula is C18H26N2OS.